The molecule has 1 unspecified atom stereocenters. The second-order valence-electron chi connectivity index (χ2n) is 3.01. The Morgan fingerprint density at radius 1 is 1.40 bits per heavy atom. The summed E-state index contributed by atoms with van der Waals surface area (Å²) in [5, 5.41) is 0. The van der Waals surface area contributed by atoms with Crippen molar-refractivity contribution in [2.24, 2.45) is 5.73 Å². The lowest BCUT2D eigenvalue weighted by atomic mass is 10.0. The van der Waals surface area contributed by atoms with E-state index < -0.39 is 0 Å². The summed E-state index contributed by atoms with van der Waals surface area (Å²) >= 11 is 2.15. The summed E-state index contributed by atoms with van der Waals surface area (Å²) in [6, 6.07) is -0.0746. The minimum atomic E-state index is -0.253. The molecular formula is C11H22INO2. The molecule has 0 aromatic heterocycles. The summed E-state index contributed by atoms with van der Waals surface area (Å²) < 4.78 is 4.88. The van der Waals surface area contributed by atoms with Gasteiger partial charge in [0.1, 0.15) is 0 Å². The van der Waals surface area contributed by atoms with Crippen LogP contribution in [-0.4, -0.2) is 23.5 Å². The zero-order valence-electron chi connectivity index (χ0n) is 10.3. The highest BCUT2D eigenvalue weighted by Gasteiger charge is 2.12. The Hall–Kier alpha value is -0.100. The van der Waals surface area contributed by atoms with Gasteiger partial charge in [0.15, 0.2) is 0 Å². The molecule has 0 aliphatic heterocycles. The predicted octanol–water partition coefficient (Wildman–Crippen LogP) is 2.67. The molecule has 3 nitrogen and oxygen atoms in total. The van der Waals surface area contributed by atoms with Gasteiger partial charge in [-0.3, -0.25) is 0 Å². The summed E-state index contributed by atoms with van der Waals surface area (Å²) in [5.74, 6) is -0.253. The van der Waals surface area contributed by atoms with E-state index >= 15 is 0 Å². The van der Waals surface area contributed by atoms with E-state index in [4.69, 9.17) is 10.5 Å². The van der Waals surface area contributed by atoms with Gasteiger partial charge < -0.3 is 10.5 Å². The molecule has 0 saturated carbocycles. The normalized spacial score (nSPS) is 13.3. The summed E-state index contributed by atoms with van der Waals surface area (Å²) in [7, 11) is 0. The number of hydrogen-bond donors (Lipinski definition) is 1. The van der Waals surface area contributed by atoms with Crippen LogP contribution in [0, 0.1) is 0 Å². The first-order valence-electron chi connectivity index (χ1n) is 5.04. The number of esters is 1. The quantitative estimate of drug-likeness (QED) is 0.374. The molecule has 0 fully saturated rings. The molecule has 0 rings (SSSR count). The number of hydrogen-bond acceptors (Lipinski definition) is 3. The lowest BCUT2D eigenvalue weighted by Crippen LogP contribution is -2.21. The molecule has 4 heteroatoms. The Morgan fingerprint density at radius 2 is 1.87 bits per heavy atom. The molecule has 90 valence electrons. The molecule has 2 N–H and O–H groups in total. The van der Waals surface area contributed by atoms with Crippen LogP contribution in [0.1, 0.15) is 34.1 Å². The molecule has 0 bridgehead atoms. The molecule has 0 saturated heterocycles. The third-order valence-electron chi connectivity index (χ3n) is 1.99. The van der Waals surface area contributed by atoms with Crippen LogP contribution in [0.2, 0.25) is 0 Å². The van der Waals surface area contributed by atoms with E-state index in [1.807, 2.05) is 18.8 Å². The van der Waals surface area contributed by atoms with Gasteiger partial charge in [-0.2, -0.15) is 0 Å². The maximum absolute atomic E-state index is 11.3. The Morgan fingerprint density at radius 3 is 2.13 bits per heavy atom. The largest absolute Gasteiger partial charge is 0.463 e. The Labute approximate surface area is 107 Å². The minimum absolute atomic E-state index is 0.0746. The number of halogens is 1. The zero-order valence-corrected chi connectivity index (χ0v) is 12.4. The third-order valence-corrected chi connectivity index (χ3v) is 1.99. The van der Waals surface area contributed by atoms with Crippen molar-refractivity contribution in [1.29, 1.82) is 0 Å². The van der Waals surface area contributed by atoms with Crippen molar-refractivity contribution < 1.29 is 9.53 Å². The van der Waals surface area contributed by atoms with Gasteiger partial charge in [-0.25, -0.2) is 4.79 Å². The lowest BCUT2D eigenvalue weighted by molar-refractivity contribution is -0.138. The van der Waals surface area contributed by atoms with Crippen LogP contribution in [0.15, 0.2) is 11.1 Å². The van der Waals surface area contributed by atoms with Crippen molar-refractivity contribution in [3.8, 4) is 0 Å². The van der Waals surface area contributed by atoms with Gasteiger partial charge in [-0.15, -0.1) is 0 Å². The second-order valence-corrected chi connectivity index (χ2v) is 3.01. The lowest BCUT2D eigenvalue weighted by Gasteiger charge is -2.12. The molecular weight excluding hydrogens is 305 g/mol. The first-order valence-corrected chi connectivity index (χ1v) is 7.20. The van der Waals surface area contributed by atoms with Crippen LogP contribution in [0.25, 0.3) is 0 Å². The van der Waals surface area contributed by atoms with Gasteiger partial charge in [-0.1, -0.05) is 29.5 Å². The van der Waals surface area contributed by atoms with E-state index in [0.29, 0.717) is 12.2 Å². The van der Waals surface area contributed by atoms with Crippen molar-refractivity contribution in [1.82, 2.24) is 0 Å². The molecule has 0 aromatic carbocycles. The third kappa shape index (κ3) is 6.89. The van der Waals surface area contributed by atoms with Gasteiger partial charge in [0.05, 0.1) is 6.61 Å². The number of alkyl halides is 1. The van der Waals surface area contributed by atoms with Crippen LogP contribution in [0.5, 0.6) is 0 Å². The Balaban J connectivity index is 0. The topological polar surface area (TPSA) is 52.3 Å². The molecule has 1 atom stereocenters. The molecule has 0 spiro atoms. The molecule has 0 aliphatic carbocycles. The van der Waals surface area contributed by atoms with Gasteiger partial charge in [0.2, 0.25) is 0 Å². The van der Waals surface area contributed by atoms with Crippen molar-refractivity contribution in [3.05, 3.63) is 11.1 Å². The number of nitrogens with two attached hydrogens (primary N) is 1. The molecule has 0 radical (unpaired) electrons. The SMILES string of the molecule is CCOC(=O)C(C)=C(CC)C(C)N.CI. The van der Waals surface area contributed by atoms with Gasteiger partial charge in [0.25, 0.3) is 0 Å². The second kappa shape index (κ2) is 10.4. The molecule has 0 aromatic rings. The van der Waals surface area contributed by atoms with Gasteiger partial charge in [0, 0.05) is 11.6 Å². The van der Waals surface area contributed by atoms with Crippen molar-refractivity contribution >= 4 is 28.6 Å². The fraction of sp³-hybridized carbons (Fsp3) is 0.727. The molecule has 15 heavy (non-hydrogen) atoms. The van der Waals surface area contributed by atoms with Gasteiger partial charge >= 0.3 is 5.97 Å². The highest BCUT2D eigenvalue weighted by atomic mass is 127. The summed E-state index contributed by atoms with van der Waals surface area (Å²) in [6.07, 6.45) is 0.794. The summed E-state index contributed by atoms with van der Waals surface area (Å²) in [5.41, 5.74) is 7.34. The number of carbonyl (C=O) groups excluding carboxylic acids is 1. The fourth-order valence-electron chi connectivity index (χ4n) is 1.30. The van der Waals surface area contributed by atoms with E-state index in [9.17, 15) is 4.79 Å². The minimum Gasteiger partial charge on any atom is -0.463 e. The first-order chi connectivity index (χ1) is 7.04. The molecule has 0 aliphatic rings. The van der Waals surface area contributed by atoms with Crippen LogP contribution in [0.4, 0.5) is 0 Å². The van der Waals surface area contributed by atoms with Crippen LogP contribution in [0.3, 0.4) is 0 Å². The zero-order chi connectivity index (χ0) is 12.4. The van der Waals surface area contributed by atoms with E-state index in [0.717, 1.165) is 12.0 Å². The predicted molar refractivity (Wildman–Crippen MR) is 73.2 cm³/mol. The number of carbonyl (C=O) groups is 1. The molecule has 0 amide bonds. The molecule has 0 heterocycles. The van der Waals surface area contributed by atoms with E-state index in [1.165, 1.54) is 0 Å². The van der Waals surface area contributed by atoms with Crippen molar-refractivity contribution in [2.75, 3.05) is 11.5 Å². The highest BCUT2D eigenvalue weighted by Crippen LogP contribution is 2.12. The summed E-state index contributed by atoms with van der Waals surface area (Å²) in [4.78, 5) is 13.3. The Kier molecular flexibility index (Phi) is 12.0. The fourth-order valence-corrected chi connectivity index (χ4v) is 1.30. The van der Waals surface area contributed by atoms with E-state index in [-0.39, 0.29) is 12.0 Å². The average Bonchev–Trinajstić information content (AvgIpc) is 2.21. The van der Waals surface area contributed by atoms with Crippen LogP contribution < -0.4 is 5.73 Å². The van der Waals surface area contributed by atoms with E-state index in [2.05, 4.69) is 22.6 Å². The smallest absolute Gasteiger partial charge is 0.333 e. The first kappa shape index (κ1) is 17.3. The standard InChI is InChI=1S/C10H19NO2.CH3I/c1-5-9(8(4)11)7(3)10(12)13-6-2;1-2/h8H,5-6,11H2,1-4H3;1H3. The maximum Gasteiger partial charge on any atom is 0.333 e. The number of rotatable bonds is 4. The van der Waals surface area contributed by atoms with Crippen molar-refractivity contribution in [2.45, 2.75) is 40.2 Å². The van der Waals surface area contributed by atoms with Crippen LogP contribution in [-0.2, 0) is 9.53 Å². The highest BCUT2D eigenvalue weighted by molar-refractivity contribution is 14.1. The van der Waals surface area contributed by atoms with Gasteiger partial charge in [-0.05, 0) is 37.7 Å². The van der Waals surface area contributed by atoms with E-state index in [1.54, 1.807) is 13.8 Å². The van der Waals surface area contributed by atoms with Crippen molar-refractivity contribution in [3.63, 3.8) is 0 Å². The van der Waals surface area contributed by atoms with Crippen LogP contribution >= 0.6 is 22.6 Å². The maximum atomic E-state index is 11.3. The summed E-state index contributed by atoms with van der Waals surface area (Å²) in [6.45, 7) is 7.83. The Bertz CT molecular complexity index is 213. The monoisotopic (exact) mass is 327 g/mol. The average molecular weight is 327 g/mol. The number of ether oxygens (including phenoxy) is 1.